The van der Waals surface area contributed by atoms with E-state index in [9.17, 15) is 9.59 Å². The Bertz CT molecular complexity index is 790. The number of esters is 1. The zero-order valence-corrected chi connectivity index (χ0v) is 14.9. The average molecular weight is 360 g/mol. The molecule has 0 N–H and O–H groups in total. The van der Waals surface area contributed by atoms with Gasteiger partial charge in [-0.1, -0.05) is 0 Å². The van der Waals surface area contributed by atoms with Crippen molar-refractivity contribution in [1.29, 1.82) is 0 Å². The summed E-state index contributed by atoms with van der Waals surface area (Å²) in [5.74, 6) is 0.588. The minimum atomic E-state index is -0.582. The van der Waals surface area contributed by atoms with Crippen molar-refractivity contribution in [2.24, 2.45) is 0 Å². The van der Waals surface area contributed by atoms with Gasteiger partial charge in [0.05, 0.1) is 27.9 Å². The number of aromatic nitrogens is 1. The summed E-state index contributed by atoms with van der Waals surface area (Å²) in [7, 11) is 4.33. The van der Waals surface area contributed by atoms with Crippen molar-refractivity contribution in [1.82, 2.24) is 9.88 Å². The van der Waals surface area contributed by atoms with Gasteiger partial charge in [0.15, 0.2) is 5.69 Å². The zero-order valence-electron chi connectivity index (χ0n) is 14.9. The lowest BCUT2D eigenvalue weighted by molar-refractivity contribution is 0.0594. The highest BCUT2D eigenvalue weighted by atomic mass is 16.5. The molecule has 0 bridgehead atoms. The van der Waals surface area contributed by atoms with Crippen LogP contribution in [0.15, 0.2) is 28.9 Å². The average Bonchev–Trinajstić information content (AvgIpc) is 3.42. The second kappa shape index (κ2) is 7.47. The fraction of sp³-hybridized carbons (Fsp3) is 0.389. The van der Waals surface area contributed by atoms with Crippen LogP contribution in [0.5, 0.6) is 11.5 Å². The number of benzene rings is 1. The molecule has 0 aliphatic heterocycles. The number of oxazole rings is 1. The van der Waals surface area contributed by atoms with E-state index in [1.165, 1.54) is 27.6 Å². The third kappa shape index (κ3) is 3.79. The Morgan fingerprint density at radius 1 is 1.15 bits per heavy atom. The molecule has 1 fully saturated rings. The molecule has 8 heteroatoms. The fourth-order valence-electron chi connectivity index (χ4n) is 2.58. The number of carbonyl (C=O) groups excluding carboxylic acids is 2. The summed E-state index contributed by atoms with van der Waals surface area (Å²) in [4.78, 5) is 30.3. The predicted molar refractivity (Wildman–Crippen MR) is 90.3 cm³/mol. The Kier molecular flexibility index (Phi) is 5.11. The zero-order chi connectivity index (χ0) is 18.7. The Morgan fingerprint density at radius 3 is 2.35 bits per heavy atom. The molecule has 1 aliphatic rings. The van der Waals surface area contributed by atoms with Crippen LogP contribution in [-0.2, 0) is 11.3 Å². The van der Waals surface area contributed by atoms with E-state index in [1.54, 1.807) is 23.1 Å². The number of hydrogen-bond donors (Lipinski definition) is 0. The fourth-order valence-corrected chi connectivity index (χ4v) is 2.58. The van der Waals surface area contributed by atoms with E-state index in [-0.39, 0.29) is 30.1 Å². The third-order valence-corrected chi connectivity index (χ3v) is 4.10. The monoisotopic (exact) mass is 360 g/mol. The molecule has 0 atom stereocenters. The molecule has 1 aliphatic carbocycles. The van der Waals surface area contributed by atoms with Crippen LogP contribution in [0.25, 0.3) is 0 Å². The van der Waals surface area contributed by atoms with Crippen LogP contribution in [-0.4, -0.2) is 49.1 Å². The van der Waals surface area contributed by atoms with Crippen LogP contribution in [0.1, 0.15) is 39.6 Å². The number of rotatable bonds is 7. The lowest BCUT2D eigenvalue weighted by Gasteiger charge is -2.21. The first kappa shape index (κ1) is 17.8. The molecule has 1 amide bonds. The van der Waals surface area contributed by atoms with Crippen LogP contribution in [0.2, 0.25) is 0 Å². The van der Waals surface area contributed by atoms with Gasteiger partial charge in [0.1, 0.15) is 17.8 Å². The van der Waals surface area contributed by atoms with Crippen LogP contribution in [0.4, 0.5) is 0 Å². The number of methoxy groups -OCH3 is 3. The first-order chi connectivity index (χ1) is 12.5. The first-order valence-corrected chi connectivity index (χ1v) is 8.12. The van der Waals surface area contributed by atoms with Crippen molar-refractivity contribution in [2.45, 2.75) is 25.4 Å². The van der Waals surface area contributed by atoms with Gasteiger partial charge in [-0.25, -0.2) is 9.78 Å². The minimum Gasteiger partial charge on any atom is -0.497 e. The molecule has 1 aromatic carbocycles. The van der Waals surface area contributed by atoms with E-state index in [4.69, 9.17) is 13.9 Å². The normalized spacial score (nSPS) is 13.2. The van der Waals surface area contributed by atoms with Gasteiger partial charge < -0.3 is 23.5 Å². The minimum absolute atomic E-state index is 0.0775. The Balaban J connectivity index is 1.83. The molecule has 0 radical (unpaired) electrons. The van der Waals surface area contributed by atoms with E-state index in [2.05, 4.69) is 9.72 Å². The summed E-state index contributed by atoms with van der Waals surface area (Å²) in [6.45, 7) is 0.167. The quantitative estimate of drug-likeness (QED) is 0.700. The highest BCUT2D eigenvalue weighted by Gasteiger charge is 2.34. The Morgan fingerprint density at radius 2 is 1.81 bits per heavy atom. The smallest absolute Gasteiger partial charge is 0.360 e. The molecule has 0 spiro atoms. The molecule has 138 valence electrons. The topological polar surface area (TPSA) is 91.1 Å². The van der Waals surface area contributed by atoms with Gasteiger partial charge in [-0.2, -0.15) is 0 Å². The lowest BCUT2D eigenvalue weighted by atomic mass is 10.1. The Labute approximate surface area is 150 Å². The summed E-state index contributed by atoms with van der Waals surface area (Å²) in [5, 5.41) is 0. The van der Waals surface area contributed by atoms with Gasteiger partial charge in [0, 0.05) is 17.7 Å². The second-order valence-electron chi connectivity index (χ2n) is 5.88. The maximum absolute atomic E-state index is 13.0. The summed E-state index contributed by atoms with van der Waals surface area (Å²) < 4.78 is 20.4. The number of ether oxygens (including phenoxy) is 3. The van der Waals surface area contributed by atoms with Gasteiger partial charge in [-0.15, -0.1) is 0 Å². The SMILES string of the molecule is COC(=O)c1coc(CN(C(=O)c2cc(OC)cc(OC)c2)C2CC2)n1. The summed E-state index contributed by atoms with van der Waals surface area (Å²) in [6, 6.07) is 5.15. The largest absolute Gasteiger partial charge is 0.497 e. The van der Waals surface area contributed by atoms with E-state index < -0.39 is 5.97 Å². The van der Waals surface area contributed by atoms with Crippen molar-refractivity contribution in [3.8, 4) is 11.5 Å². The Hall–Kier alpha value is -3.03. The van der Waals surface area contributed by atoms with E-state index in [1.807, 2.05) is 0 Å². The number of carbonyl (C=O) groups is 2. The van der Waals surface area contributed by atoms with Crippen LogP contribution in [0.3, 0.4) is 0 Å². The van der Waals surface area contributed by atoms with Crippen molar-refractivity contribution in [3.63, 3.8) is 0 Å². The van der Waals surface area contributed by atoms with Crippen LogP contribution < -0.4 is 9.47 Å². The molecule has 26 heavy (non-hydrogen) atoms. The maximum Gasteiger partial charge on any atom is 0.360 e. The van der Waals surface area contributed by atoms with Crippen molar-refractivity contribution in [3.05, 3.63) is 41.6 Å². The first-order valence-electron chi connectivity index (χ1n) is 8.12. The predicted octanol–water partition coefficient (Wildman–Crippen LogP) is 2.28. The standard InChI is InChI=1S/C18H20N2O6/c1-23-13-6-11(7-14(8-13)24-2)17(21)20(12-4-5-12)9-16-19-15(10-26-16)18(22)25-3/h6-8,10,12H,4-5,9H2,1-3H3. The maximum atomic E-state index is 13.0. The number of amides is 1. The number of hydrogen-bond acceptors (Lipinski definition) is 7. The van der Waals surface area contributed by atoms with Gasteiger partial charge in [-0.05, 0) is 25.0 Å². The molecule has 8 nitrogen and oxygen atoms in total. The third-order valence-electron chi connectivity index (χ3n) is 4.10. The van der Waals surface area contributed by atoms with E-state index in [0.29, 0.717) is 17.1 Å². The molecule has 2 aromatic rings. The molecule has 1 heterocycles. The molecule has 1 saturated carbocycles. The van der Waals surface area contributed by atoms with Crippen LogP contribution >= 0.6 is 0 Å². The molecular weight excluding hydrogens is 340 g/mol. The van der Waals surface area contributed by atoms with E-state index in [0.717, 1.165) is 12.8 Å². The summed E-state index contributed by atoms with van der Waals surface area (Å²) in [5.41, 5.74) is 0.529. The van der Waals surface area contributed by atoms with Crippen molar-refractivity contribution >= 4 is 11.9 Å². The molecule has 3 rings (SSSR count). The van der Waals surface area contributed by atoms with Gasteiger partial charge in [-0.3, -0.25) is 4.79 Å². The highest BCUT2D eigenvalue weighted by Crippen LogP contribution is 2.31. The molecule has 0 unspecified atom stereocenters. The van der Waals surface area contributed by atoms with Crippen LogP contribution in [0, 0.1) is 0 Å². The molecule has 1 aromatic heterocycles. The van der Waals surface area contributed by atoms with Gasteiger partial charge in [0.25, 0.3) is 5.91 Å². The second-order valence-corrected chi connectivity index (χ2v) is 5.88. The summed E-state index contributed by atoms with van der Waals surface area (Å²) in [6.07, 6.45) is 3.06. The van der Waals surface area contributed by atoms with Crippen molar-refractivity contribution < 1.29 is 28.2 Å². The number of nitrogens with zero attached hydrogens (tertiary/aromatic N) is 2. The van der Waals surface area contributed by atoms with Gasteiger partial charge >= 0.3 is 5.97 Å². The highest BCUT2D eigenvalue weighted by molar-refractivity contribution is 5.95. The van der Waals surface area contributed by atoms with Crippen molar-refractivity contribution in [2.75, 3.05) is 21.3 Å². The molecular formula is C18H20N2O6. The lowest BCUT2D eigenvalue weighted by Crippen LogP contribution is -2.32. The molecule has 0 saturated heterocycles. The summed E-state index contributed by atoms with van der Waals surface area (Å²) >= 11 is 0. The van der Waals surface area contributed by atoms with Gasteiger partial charge in [0.2, 0.25) is 5.89 Å². The van der Waals surface area contributed by atoms with E-state index >= 15 is 0 Å².